The van der Waals surface area contributed by atoms with E-state index in [1.807, 2.05) is 18.2 Å². The summed E-state index contributed by atoms with van der Waals surface area (Å²) in [4.78, 5) is 13.8. The molecular weight excluding hydrogens is 240 g/mol. The summed E-state index contributed by atoms with van der Waals surface area (Å²) < 4.78 is 5.35. The van der Waals surface area contributed by atoms with E-state index in [9.17, 15) is 4.79 Å². The maximum Gasteiger partial charge on any atom is 0.332 e. The summed E-state index contributed by atoms with van der Waals surface area (Å²) in [7, 11) is 0. The van der Waals surface area contributed by atoms with Crippen molar-refractivity contribution in [2.45, 2.75) is 26.0 Å². The van der Waals surface area contributed by atoms with Crippen molar-refractivity contribution < 1.29 is 9.53 Å². The van der Waals surface area contributed by atoms with Gasteiger partial charge in [-0.2, -0.15) is 0 Å². The molecule has 1 unspecified atom stereocenters. The minimum absolute atomic E-state index is 0.0215. The highest BCUT2D eigenvalue weighted by Crippen LogP contribution is 2.16. The van der Waals surface area contributed by atoms with Gasteiger partial charge in [-0.25, -0.2) is 4.79 Å². The van der Waals surface area contributed by atoms with Gasteiger partial charge >= 0.3 is 5.97 Å². The third kappa shape index (κ3) is 4.41. The lowest BCUT2D eigenvalue weighted by molar-refractivity contribution is -0.142. The molecule has 1 aromatic carbocycles. The van der Waals surface area contributed by atoms with E-state index in [1.54, 1.807) is 6.92 Å². The molecule has 4 heteroatoms. The topological polar surface area (TPSA) is 55.6 Å². The van der Waals surface area contributed by atoms with E-state index in [-0.39, 0.29) is 12.1 Å². The van der Waals surface area contributed by atoms with E-state index in [0.717, 1.165) is 26.1 Å². The Morgan fingerprint density at radius 2 is 2.21 bits per heavy atom. The van der Waals surface area contributed by atoms with E-state index >= 15 is 0 Å². The predicted molar refractivity (Wildman–Crippen MR) is 74.2 cm³/mol. The van der Waals surface area contributed by atoms with E-state index in [2.05, 4.69) is 17.0 Å². The van der Waals surface area contributed by atoms with Gasteiger partial charge in [-0.15, -0.1) is 0 Å². The zero-order valence-electron chi connectivity index (χ0n) is 11.2. The normalized spacial score (nSPS) is 20.5. The monoisotopic (exact) mass is 260 g/mol. The molecule has 1 fully saturated rings. The lowest BCUT2D eigenvalue weighted by Gasteiger charge is -2.15. The summed E-state index contributed by atoms with van der Waals surface area (Å²) in [6.45, 7) is 4.33. The zero-order chi connectivity index (χ0) is 13.7. The minimum Gasteiger partial charge on any atom is -0.458 e. The number of benzene rings is 1. The van der Waals surface area contributed by atoms with Crippen LogP contribution in [0.1, 0.15) is 18.9 Å². The molecule has 102 valence electrons. The van der Waals surface area contributed by atoms with Crippen molar-refractivity contribution in [3.8, 4) is 0 Å². The lowest BCUT2D eigenvalue weighted by atomic mass is 10.2. The van der Waals surface area contributed by atoms with Gasteiger partial charge in [-0.05, 0) is 18.9 Å². The van der Waals surface area contributed by atoms with E-state index < -0.39 is 0 Å². The Morgan fingerprint density at radius 3 is 2.89 bits per heavy atom. The van der Waals surface area contributed by atoms with E-state index in [4.69, 9.17) is 10.5 Å². The predicted octanol–water partition coefficient (Wildman–Crippen LogP) is 1.67. The molecule has 4 nitrogen and oxygen atoms in total. The standard InChI is InChI=1S/C15H20N2O2/c1-12(16)9-15(18)19-14-7-8-17(11-14)10-13-5-3-2-4-6-13/h2-6,9,14H,7-8,10-11,16H2,1H3. The molecule has 0 aromatic heterocycles. The van der Waals surface area contributed by atoms with Gasteiger partial charge in [0.25, 0.3) is 0 Å². The van der Waals surface area contributed by atoms with Crippen LogP contribution in [0.2, 0.25) is 0 Å². The highest BCUT2D eigenvalue weighted by molar-refractivity contribution is 5.82. The Labute approximate surface area is 113 Å². The number of rotatable bonds is 4. The summed E-state index contributed by atoms with van der Waals surface area (Å²) >= 11 is 0. The Bertz CT molecular complexity index is 452. The van der Waals surface area contributed by atoms with Crippen LogP contribution >= 0.6 is 0 Å². The van der Waals surface area contributed by atoms with Crippen LogP contribution in [0.3, 0.4) is 0 Å². The third-order valence-electron chi connectivity index (χ3n) is 3.11. The van der Waals surface area contributed by atoms with Crippen molar-refractivity contribution in [3.63, 3.8) is 0 Å². The maximum absolute atomic E-state index is 11.5. The summed E-state index contributed by atoms with van der Waals surface area (Å²) in [6, 6.07) is 10.3. The van der Waals surface area contributed by atoms with Gasteiger partial charge in [0, 0.05) is 31.4 Å². The molecule has 2 N–H and O–H groups in total. The van der Waals surface area contributed by atoms with Crippen molar-refractivity contribution in [3.05, 3.63) is 47.7 Å². The summed E-state index contributed by atoms with van der Waals surface area (Å²) in [6.07, 6.45) is 2.20. The molecule has 0 radical (unpaired) electrons. The quantitative estimate of drug-likeness (QED) is 0.661. The van der Waals surface area contributed by atoms with E-state index in [1.165, 1.54) is 11.6 Å². The van der Waals surface area contributed by atoms with Crippen molar-refractivity contribution in [1.29, 1.82) is 0 Å². The fourth-order valence-corrected chi connectivity index (χ4v) is 2.26. The highest BCUT2D eigenvalue weighted by atomic mass is 16.5. The highest BCUT2D eigenvalue weighted by Gasteiger charge is 2.24. The number of likely N-dealkylation sites (tertiary alicyclic amines) is 1. The third-order valence-corrected chi connectivity index (χ3v) is 3.11. The Hall–Kier alpha value is -1.81. The fourth-order valence-electron chi connectivity index (χ4n) is 2.26. The molecular formula is C15H20N2O2. The number of nitrogens with two attached hydrogens (primary N) is 1. The second-order valence-corrected chi connectivity index (χ2v) is 4.96. The first-order chi connectivity index (χ1) is 9.13. The summed E-state index contributed by atoms with van der Waals surface area (Å²) in [5.74, 6) is -0.341. The average Bonchev–Trinajstić information content (AvgIpc) is 2.76. The molecule has 1 saturated heterocycles. The van der Waals surface area contributed by atoms with Gasteiger partial charge in [0.05, 0.1) is 0 Å². The molecule has 0 aliphatic carbocycles. The van der Waals surface area contributed by atoms with Gasteiger partial charge < -0.3 is 10.5 Å². The summed E-state index contributed by atoms with van der Waals surface area (Å²) in [5.41, 5.74) is 7.21. The van der Waals surface area contributed by atoms with Gasteiger partial charge in [0.2, 0.25) is 0 Å². The molecule has 0 bridgehead atoms. The first kappa shape index (κ1) is 13.6. The average molecular weight is 260 g/mol. The fraction of sp³-hybridized carbons (Fsp3) is 0.400. The molecule has 1 atom stereocenters. The van der Waals surface area contributed by atoms with Crippen molar-refractivity contribution in [1.82, 2.24) is 4.90 Å². The molecule has 0 saturated carbocycles. The zero-order valence-corrected chi connectivity index (χ0v) is 11.2. The van der Waals surface area contributed by atoms with Gasteiger partial charge in [0.15, 0.2) is 0 Å². The van der Waals surface area contributed by atoms with Crippen molar-refractivity contribution in [2.24, 2.45) is 5.73 Å². The second-order valence-electron chi connectivity index (χ2n) is 4.96. The van der Waals surface area contributed by atoms with Crippen LogP contribution in [0.25, 0.3) is 0 Å². The lowest BCUT2D eigenvalue weighted by Crippen LogP contribution is -2.24. The van der Waals surface area contributed by atoms with Crippen LogP contribution in [-0.2, 0) is 16.1 Å². The number of hydrogen-bond donors (Lipinski definition) is 1. The number of allylic oxidation sites excluding steroid dienone is 1. The number of esters is 1. The molecule has 0 amide bonds. The number of carbonyl (C=O) groups excluding carboxylic acids is 1. The first-order valence-electron chi connectivity index (χ1n) is 6.54. The molecule has 1 heterocycles. The second kappa shape index (κ2) is 6.38. The maximum atomic E-state index is 11.5. The molecule has 1 aliphatic rings. The number of ether oxygens (including phenoxy) is 1. The van der Waals surface area contributed by atoms with Crippen LogP contribution in [-0.4, -0.2) is 30.1 Å². The number of nitrogens with zero attached hydrogens (tertiary/aromatic N) is 1. The number of carbonyl (C=O) groups is 1. The van der Waals surface area contributed by atoms with Crippen LogP contribution in [0.15, 0.2) is 42.1 Å². The van der Waals surface area contributed by atoms with Crippen LogP contribution in [0, 0.1) is 0 Å². The number of hydrogen-bond acceptors (Lipinski definition) is 4. The molecule has 1 aromatic rings. The van der Waals surface area contributed by atoms with Crippen molar-refractivity contribution in [2.75, 3.05) is 13.1 Å². The SMILES string of the molecule is CC(N)=CC(=O)OC1CCN(Cc2ccccc2)C1. The summed E-state index contributed by atoms with van der Waals surface area (Å²) in [5, 5.41) is 0. The van der Waals surface area contributed by atoms with Gasteiger partial charge in [-0.3, -0.25) is 4.90 Å². The van der Waals surface area contributed by atoms with Crippen LogP contribution in [0.4, 0.5) is 0 Å². The largest absolute Gasteiger partial charge is 0.458 e. The van der Waals surface area contributed by atoms with Crippen LogP contribution in [0.5, 0.6) is 0 Å². The van der Waals surface area contributed by atoms with Gasteiger partial charge in [0.1, 0.15) is 6.10 Å². The minimum atomic E-state index is -0.341. The molecule has 2 rings (SSSR count). The Balaban J connectivity index is 1.80. The smallest absolute Gasteiger partial charge is 0.332 e. The Kier molecular flexibility index (Phi) is 4.58. The van der Waals surface area contributed by atoms with E-state index in [0.29, 0.717) is 5.70 Å². The Morgan fingerprint density at radius 1 is 1.47 bits per heavy atom. The van der Waals surface area contributed by atoms with Gasteiger partial charge in [-0.1, -0.05) is 30.3 Å². The van der Waals surface area contributed by atoms with Crippen molar-refractivity contribution >= 4 is 5.97 Å². The first-order valence-corrected chi connectivity index (χ1v) is 6.54. The molecule has 19 heavy (non-hydrogen) atoms. The molecule has 0 spiro atoms. The van der Waals surface area contributed by atoms with Crippen LogP contribution < -0.4 is 5.73 Å². The molecule has 1 aliphatic heterocycles.